The lowest BCUT2D eigenvalue weighted by molar-refractivity contribution is -0.161. The van der Waals surface area contributed by atoms with Crippen LogP contribution in [0.1, 0.15) is 31.1 Å². The van der Waals surface area contributed by atoms with Crippen LogP contribution >= 0.6 is 0 Å². The first-order valence-corrected chi connectivity index (χ1v) is 10.5. The van der Waals surface area contributed by atoms with Crippen molar-refractivity contribution in [3.05, 3.63) is 59.7 Å². The zero-order valence-electron chi connectivity index (χ0n) is 18.2. The van der Waals surface area contributed by atoms with Gasteiger partial charge >= 0.3 is 0 Å². The number of rotatable bonds is 8. The molecule has 1 fully saturated rings. The third-order valence-corrected chi connectivity index (χ3v) is 5.25. The van der Waals surface area contributed by atoms with Gasteiger partial charge in [-0.25, -0.2) is 0 Å². The summed E-state index contributed by atoms with van der Waals surface area (Å²) in [6, 6.07) is 14.3. The Hall–Kier alpha value is -2.90. The first-order chi connectivity index (χ1) is 14.9. The smallest absolute Gasteiger partial charge is 0.249 e. The third-order valence-electron chi connectivity index (χ3n) is 5.25. The van der Waals surface area contributed by atoms with Crippen LogP contribution in [0.15, 0.2) is 48.5 Å². The van der Waals surface area contributed by atoms with E-state index >= 15 is 0 Å². The van der Waals surface area contributed by atoms with E-state index in [1.165, 1.54) is 0 Å². The molecule has 31 heavy (non-hydrogen) atoms. The van der Waals surface area contributed by atoms with Crippen molar-refractivity contribution in [3.8, 4) is 5.75 Å². The van der Waals surface area contributed by atoms with Crippen LogP contribution in [0.25, 0.3) is 0 Å². The fraction of sp³-hybridized carbons (Fsp3) is 0.417. The number of carbonyl (C=O) groups is 2. The molecular weight excluding hydrogens is 396 g/mol. The molecule has 7 heteroatoms. The number of nitrogens with zero attached hydrogens (tertiary/aromatic N) is 1. The Morgan fingerprint density at radius 3 is 2.45 bits per heavy atom. The largest absolute Gasteiger partial charge is 0.497 e. The van der Waals surface area contributed by atoms with Crippen LogP contribution in [-0.2, 0) is 20.7 Å². The van der Waals surface area contributed by atoms with Crippen molar-refractivity contribution in [2.24, 2.45) is 5.92 Å². The molecule has 2 amide bonds. The lowest BCUT2D eigenvalue weighted by atomic mass is 9.98. The summed E-state index contributed by atoms with van der Waals surface area (Å²) in [4.78, 5) is 26.3. The van der Waals surface area contributed by atoms with Crippen LogP contribution in [0.2, 0.25) is 0 Å². The van der Waals surface area contributed by atoms with E-state index in [-0.39, 0.29) is 31.4 Å². The van der Waals surface area contributed by atoms with Crippen molar-refractivity contribution in [1.29, 1.82) is 0 Å². The Kier molecular flexibility index (Phi) is 7.65. The molecule has 1 aliphatic rings. The van der Waals surface area contributed by atoms with Crippen LogP contribution < -0.4 is 10.1 Å². The Balaban J connectivity index is 1.64. The van der Waals surface area contributed by atoms with Crippen LogP contribution in [0.3, 0.4) is 0 Å². The standard InChI is InChI=1S/C24H30N2O5/c1-16(2)13-26-21(14-27)24(31-15-23(26)29)18-6-8-19(9-7-18)25-22(28)12-17-4-10-20(30-3)11-5-17/h4-11,16,21,24,27H,12-15H2,1-3H3,(H,25,28)/t21-,24-/m1/s1. The summed E-state index contributed by atoms with van der Waals surface area (Å²) in [7, 11) is 1.60. The molecule has 0 aliphatic carbocycles. The number of morpholine rings is 1. The first kappa shape index (κ1) is 22.8. The number of ether oxygens (including phenoxy) is 2. The number of amides is 2. The summed E-state index contributed by atoms with van der Waals surface area (Å²) in [6.07, 6.45) is -0.151. The van der Waals surface area contributed by atoms with Gasteiger partial charge in [0.1, 0.15) is 18.5 Å². The molecule has 2 atom stereocenters. The molecule has 1 saturated heterocycles. The van der Waals surface area contributed by atoms with E-state index in [1.807, 2.05) is 62.4 Å². The van der Waals surface area contributed by atoms with E-state index in [0.717, 1.165) is 16.9 Å². The van der Waals surface area contributed by atoms with Crippen LogP contribution in [0.4, 0.5) is 5.69 Å². The lowest BCUT2D eigenvalue weighted by Gasteiger charge is -2.41. The monoisotopic (exact) mass is 426 g/mol. The summed E-state index contributed by atoms with van der Waals surface area (Å²) in [5.41, 5.74) is 2.42. The Labute approximate surface area is 183 Å². The molecule has 0 spiro atoms. The van der Waals surface area contributed by atoms with Crippen molar-refractivity contribution in [2.45, 2.75) is 32.4 Å². The highest BCUT2D eigenvalue weighted by Crippen LogP contribution is 2.30. The van der Waals surface area contributed by atoms with Crippen molar-refractivity contribution in [3.63, 3.8) is 0 Å². The highest BCUT2D eigenvalue weighted by molar-refractivity contribution is 5.92. The highest BCUT2D eigenvalue weighted by Gasteiger charge is 2.37. The Morgan fingerprint density at radius 1 is 1.19 bits per heavy atom. The predicted molar refractivity (Wildman–Crippen MR) is 118 cm³/mol. The van der Waals surface area contributed by atoms with Gasteiger partial charge in [0.2, 0.25) is 11.8 Å². The summed E-state index contributed by atoms with van der Waals surface area (Å²) in [5, 5.41) is 12.8. The molecule has 1 aliphatic heterocycles. The van der Waals surface area contributed by atoms with E-state index < -0.39 is 12.1 Å². The fourth-order valence-corrected chi connectivity index (χ4v) is 3.74. The maximum Gasteiger partial charge on any atom is 0.249 e. The number of hydrogen-bond acceptors (Lipinski definition) is 5. The fourth-order valence-electron chi connectivity index (χ4n) is 3.74. The number of nitrogens with one attached hydrogen (secondary N) is 1. The van der Waals surface area contributed by atoms with Crippen LogP contribution in [0, 0.1) is 5.92 Å². The second-order valence-corrected chi connectivity index (χ2v) is 8.12. The molecule has 166 valence electrons. The summed E-state index contributed by atoms with van der Waals surface area (Å²) < 4.78 is 10.9. The molecule has 0 bridgehead atoms. The number of benzene rings is 2. The van der Waals surface area contributed by atoms with Crippen LogP contribution in [0.5, 0.6) is 5.75 Å². The van der Waals surface area contributed by atoms with Gasteiger partial charge in [-0.1, -0.05) is 38.1 Å². The number of carbonyl (C=O) groups excluding carboxylic acids is 2. The zero-order valence-corrected chi connectivity index (χ0v) is 18.2. The van der Waals surface area contributed by atoms with E-state index in [9.17, 15) is 14.7 Å². The molecule has 0 saturated carbocycles. The van der Waals surface area contributed by atoms with Crippen LogP contribution in [-0.4, -0.2) is 54.7 Å². The Bertz CT molecular complexity index is 880. The van der Waals surface area contributed by atoms with E-state index in [0.29, 0.717) is 18.2 Å². The van der Waals surface area contributed by atoms with Gasteiger partial charge in [-0.2, -0.15) is 0 Å². The number of aliphatic hydroxyl groups excluding tert-OH is 1. The van der Waals surface area contributed by atoms with Gasteiger partial charge in [-0.15, -0.1) is 0 Å². The molecule has 0 aromatic heterocycles. The predicted octanol–water partition coefficient (Wildman–Crippen LogP) is 2.79. The topological polar surface area (TPSA) is 88.1 Å². The second-order valence-electron chi connectivity index (χ2n) is 8.12. The van der Waals surface area contributed by atoms with Gasteiger partial charge in [-0.05, 0) is 41.3 Å². The first-order valence-electron chi connectivity index (χ1n) is 10.5. The van der Waals surface area contributed by atoms with E-state index in [2.05, 4.69) is 5.32 Å². The van der Waals surface area contributed by atoms with Gasteiger partial charge in [-0.3, -0.25) is 9.59 Å². The maximum absolute atomic E-state index is 12.4. The van der Waals surface area contributed by atoms with Crippen molar-refractivity contribution in [2.75, 3.05) is 32.2 Å². The molecular formula is C24H30N2O5. The summed E-state index contributed by atoms with van der Waals surface area (Å²) >= 11 is 0. The number of hydrogen-bond donors (Lipinski definition) is 2. The molecule has 7 nitrogen and oxygen atoms in total. The zero-order chi connectivity index (χ0) is 22.4. The van der Waals surface area contributed by atoms with E-state index in [4.69, 9.17) is 9.47 Å². The average Bonchev–Trinajstić information content (AvgIpc) is 2.76. The van der Waals surface area contributed by atoms with E-state index in [1.54, 1.807) is 12.0 Å². The number of anilines is 1. The molecule has 1 heterocycles. The molecule has 0 radical (unpaired) electrons. The SMILES string of the molecule is COc1ccc(CC(=O)Nc2ccc([C@H]3OCC(=O)N(CC(C)C)[C@@H]3CO)cc2)cc1. The second kappa shape index (κ2) is 10.4. The minimum absolute atomic E-state index is 0.00572. The van der Waals surface area contributed by atoms with Gasteiger partial charge in [0.25, 0.3) is 0 Å². The van der Waals surface area contributed by atoms with Crippen molar-refractivity contribution in [1.82, 2.24) is 4.90 Å². The molecule has 3 rings (SSSR count). The van der Waals surface area contributed by atoms with Crippen molar-refractivity contribution < 1.29 is 24.2 Å². The minimum Gasteiger partial charge on any atom is -0.497 e. The molecule has 2 N–H and O–H groups in total. The maximum atomic E-state index is 12.4. The Morgan fingerprint density at radius 2 is 1.87 bits per heavy atom. The third kappa shape index (κ3) is 5.83. The quantitative estimate of drug-likeness (QED) is 0.678. The summed E-state index contributed by atoms with van der Waals surface area (Å²) in [6.45, 7) is 4.46. The minimum atomic E-state index is -0.431. The summed E-state index contributed by atoms with van der Waals surface area (Å²) in [5.74, 6) is 0.819. The molecule has 0 unspecified atom stereocenters. The highest BCUT2D eigenvalue weighted by atomic mass is 16.5. The van der Waals surface area contributed by atoms with Gasteiger partial charge in [0.05, 0.1) is 26.2 Å². The number of aliphatic hydroxyl groups is 1. The van der Waals surface area contributed by atoms with Gasteiger partial charge in [0, 0.05) is 12.2 Å². The van der Waals surface area contributed by atoms with Gasteiger partial charge in [0.15, 0.2) is 0 Å². The normalized spacial score (nSPS) is 18.9. The lowest BCUT2D eigenvalue weighted by Crippen LogP contribution is -2.53. The van der Waals surface area contributed by atoms with Crippen molar-refractivity contribution >= 4 is 17.5 Å². The van der Waals surface area contributed by atoms with Gasteiger partial charge < -0.3 is 24.8 Å². The molecule has 2 aromatic rings. The molecule has 2 aromatic carbocycles. The number of methoxy groups -OCH3 is 1. The average molecular weight is 427 g/mol.